The number of carbonyl (C=O) groups excluding carboxylic acids is 2. The minimum atomic E-state index is -4.26. The number of hydrogen-bond acceptors (Lipinski definition) is 4. The van der Waals surface area contributed by atoms with Gasteiger partial charge in [0.05, 0.1) is 20.6 Å². The molecule has 4 aromatic carbocycles. The van der Waals surface area contributed by atoms with Gasteiger partial charge in [-0.25, -0.2) is 8.42 Å². The van der Waals surface area contributed by atoms with E-state index in [2.05, 4.69) is 5.32 Å². The largest absolute Gasteiger partial charge is 0.354 e. The molecule has 11 heteroatoms. The molecule has 0 spiro atoms. The van der Waals surface area contributed by atoms with E-state index in [9.17, 15) is 18.0 Å². The number of benzene rings is 4. The van der Waals surface area contributed by atoms with Gasteiger partial charge in [-0.2, -0.15) is 0 Å². The van der Waals surface area contributed by atoms with Crippen LogP contribution < -0.4 is 9.62 Å². The summed E-state index contributed by atoms with van der Waals surface area (Å²) in [4.78, 5) is 29.9. The van der Waals surface area contributed by atoms with Gasteiger partial charge in [-0.1, -0.05) is 108 Å². The summed E-state index contributed by atoms with van der Waals surface area (Å²) in [7, 11) is -4.26. The Bertz CT molecular complexity index is 1800. The Balaban J connectivity index is 1.83. The van der Waals surface area contributed by atoms with Gasteiger partial charge in [0.2, 0.25) is 11.8 Å². The highest BCUT2D eigenvalue weighted by Gasteiger charge is 2.35. The molecule has 248 valence electrons. The number of anilines is 1. The Morgan fingerprint density at radius 2 is 1.53 bits per heavy atom. The first kappa shape index (κ1) is 36.3. The lowest BCUT2D eigenvalue weighted by Gasteiger charge is -2.34. The molecular formula is C36H38Cl3N3O4S. The first-order valence-electron chi connectivity index (χ1n) is 15.3. The second-order valence-corrected chi connectivity index (χ2v) is 14.5. The van der Waals surface area contributed by atoms with Crippen molar-refractivity contribution in [2.24, 2.45) is 0 Å². The van der Waals surface area contributed by atoms with Crippen LogP contribution >= 0.6 is 34.8 Å². The van der Waals surface area contributed by atoms with Crippen LogP contribution in [0.4, 0.5) is 5.69 Å². The van der Waals surface area contributed by atoms with Crippen LogP contribution in [0.25, 0.3) is 0 Å². The first-order valence-corrected chi connectivity index (χ1v) is 17.9. The first-order chi connectivity index (χ1) is 22.4. The summed E-state index contributed by atoms with van der Waals surface area (Å²) in [5, 5.41) is 3.93. The van der Waals surface area contributed by atoms with Crippen molar-refractivity contribution < 1.29 is 18.0 Å². The molecule has 7 nitrogen and oxygen atoms in total. The molecule has 0 bridgehead atoms. The number of aryl methyl sites for hydroxylation is 2. The van der Waals surface area contributed by atoms with E-state index in [-0.39, 0.29) is 29.5 Å². The molecule has 0 saturated carbocycles. The van der Waals surface area contributed by atoms with Crippen LogP contribution in [0.2, 0.25) is 15.1 Å². The van der Waals surface area contributed by atoms with Crippen LogP contribution in [0.1, 0.15) is 42.0 Å². The summed E-state index contributed by atoms with van der Waals surface area (Å²) in [6.45, 7) is 5.45. The third-order valence-electron chi connectivity index (χ3n) is 7.77. The summed E-state index contributed by atoms with van der Waals surface area (Å²) in [6, 6.07) is 24.7. The van der Waals surface area contributed by atoms with Crippen LogP contribution in [0, 0.1) is 13.8 Å². The molecule has 0 aromatic heterocycles. The van der Waals surface area contributed by atoms with Crippen LogP contribution in [0.3, 0.4) is 0 Å². The van der Waals surface area contributed by atoms with Gasteiger partial charge in [-0.3, -0.25) is 13.9 Å². The van der Waals surface area contributed by atoms with E-state index in [4.69, 9.17) is 34.8 Å². The normalized spacial score (nSPS) is 12.0. The molecule has 0 unspecified atom stereocenters. The highest BCUT2D eigenvalue weighted by atomic mass is 35.5. The summed E-state index contributed by atoms with van der Waals surface area (Å²) in [5.41, 5.74) is 3.21. The average molecular weight is 715 g/mol. The van der Waals surface area contributed by atoms with Crippen molar-refractivity contribution in [2.45, 2.75) is 57.5 Å². The molecule has 0 aliphatic rings. The molecule has 47 heavy (non-hydrogen) atoms. The Morgan fingerprint density at radius 1 is 0.830 bits per heavy atom. The van der Waals surface area contributed by atoms with E-state index < -0.39 is 28.5 Å². The molecule has 0 fully saturated rings. The SMILES string of the molecule is CCCCNC(=O)[C@H](Cc1ccccc1)N(Cc1ccc(Cl)c(Cl)c1)C(=O)CN(c1cc(Cl)ccc1C)S(=O)(=O)c1ccc(C)cc1. The maximum Gasteiger partial charge on any atom is 0.264 e. The predicted octanol–water partition coefficient (Wildman–Crippen LogP) is 8.02. The molecule has 0 saturated heterocycles. The van der Waals surface area contributed by atoms with Gasteiger partial charge in [0.15, 0.2) is 0 Å². The number of amides is 2. The van der Waals surface area contributed by atoms with Crippen LogP contribution in [0.5, 0.6) is 0 Å². The zero-order valence-electron chi connectivity index (χ0n) is 26.5. The molecule has 1 atom stereocenters. The molecule has 1 N–H and O–H groups in total. The zero-order valence-corrected chi connectivity index (χ0v) is 29.6. The van der Waals surface area contributed by atoms with Gasteiger partial charge >= 0.3 is 0 Å². The lowest BCUT2D eigenvalue weighted by atomic mass is 10.0. The van der Waals surface area contributed by atoms with E-state index in [1.54, 1.807) is 49.4 Å². The lowest BCUT2D eigenvalue weighted by Crippen LogP contribution is -2.53. The summed E-state index contributed by atoms with van der Waals surface area (Å²) in [6.07, 6.45) is 1.84. The maximum atomic E-state index is 14.6. The van der Waals surface area contributed by atoms with E-state index in [0.717, 1.165) is 28.3 Å². The minimum Gasteiger partial charge on any atom is -0.354 e. The Labute approximate surface area is 292 Å². The predicted molar refractivity (Wildman–Crippen MR) is 191 cm³/mol. The summed E-state index contributed by atoms with van der Waals surface area (Å²) in [5.74, 6) is -0.930. The minimum absolute atomic E-state index is 0.0180. The topological polar surface area (TPSA) is 86.8 Å². The third kappa shape index (κ3) is 9.51. The van der Waals surface area contributed by atoms with Crippen molar-refractivity contribution in [3.8, 4) is 0 Å². The molecule has 0 aliphatic heterocycles. The molecule has 0 radical (unpaired) electrons. The number of unbranched alkanes of at least 4 members (excludes halogenated alkanes) is 1. The second kappa shape index (κ2) is 16.5. The molecule has 4 aromatic rings. The van der Waals surface area contributed by atoms with Crippen molar-refractivity contribution in [3.63, 3.8) is 0 Å². The van der Waals surface area contributed by atoms with Crippen LogP contribution in [-0.2, 0) is 32.6 Å². The van der Waals surface area contributed by atoms with Crippen LogP contribution in [0.15, 0.2) is 95.9 Å². The maximum absolute atomic E-state index is 14.6. The number of carbonyl (C=O) groups is 2. The fraction of sp³-hybridized carbons (Fsp3) is 0.278. The third-order valence-corrected chi connectivity index (χ3v) is 10.5. The number of halogens is 3. The monoisotopic (exact) mass is 713 g/mol. The Kier molecular flexibility index (Phi) is 12.7. The van der Waals surface area contributed by atoms with Gasteiger partial charge in [0.1, 0.15) is 12.6 Å². The number of hydrogen-bond donors (Lipinski definition) is 1. The van der Waals surface area contributed by atoms with Gasteiger partial charge in [0, 0.05) is 24.5 Å². The lowest BCUT2D eigenvalue weighted by molar-refractivity contribution is -0.140. The van der Waals surface area contributed by atoms with Crippen molar-refractivity contribution in [2.75, 3.05) is 17.4 Å². The summed E-state index contributed by atoms with van der Waals surface area (Å²) < 4.78 is 29.6. The highest BCUT2D eigenvalue weighted by molar-refractivity contribution is 7.92. The standard InChI is InChI=1S/C36H38Cl3N3O4S/c1-4-5-19-40-36(44)34(21-27-9-7-6-8-10-27)41(23-28-14-18-31(38)32(39)20-28)35(43)24-42(33-22-29(37)15-13-26(33)3)47(45,46)30-16-11-25(2)12-17-30/h6-18,20,22,34H,4-5,19,21,23-24H2,1-3H3,(H,40,44)/t34-/m0/s1. The van der Waals surface area contributed by atoms with E-state index in [0.29, 0.717) is 32.7 Å². The number of sulfonamides is 1. The van der Waals surface area contributed by atoms with E-state index >= 15 is 0 Å². The molecule has 2 amide bonds. The van der Waals surface area contributed by atoms with Gasteiger partial charge in [0.25, 0.3) is 10.0 Å². The Morgan fingerprint density at radius 3 is 2.19 bits per heavy atom. The van der Waals surface area contributed by atoms with Gasteiger partial charge in [-0.15, -0.1) is 0 Å². The molecular weight excluding hydrogens is 677 g/mol. The van der Waals surface area contributed by atoms with Crippen molar-refractivity contribution in [3.05, 3.63) is 128 Å². The number of nitrogens with zero attached hydrogens (tertiary/aromatic N) is 2. The fourth-order valence-electron chi connectivity index (χ4n) is 5.10. The smallest absolute Gasteiger partial charge is 0.264 e. The average Bonchev–Trinajstić information content (AvgIpc) is 3.05. The van der Waals surface area contributed by atoms with Gasteiger partial charge < -0.3 is 10.2 Å². The number of nitrogens with one attached hydrogen (secondary N) is 1. The summed E-state index contributed by atoms with van der Waals surface area (Å²) >= 11 is 18.9. The van der Waals surface area contributed by atoms with E-state index in [1.165, 1.54) is 23.1 Å². The quantitative estimate of drug-likeness (QED) is 0.134. The van der Waals surface area contributed by atoms with Gasteiger partial charge in [-0.05, 0) is 73.4 Å². The van der Waals surface area contributed by atoms with Crippen molar-refractivity contribution >= 4 is 62.3 Å². The zero-order chi connectivity index (χ0) is 34.1. The second-order valence-electron chi connectivity index (χ2n) is 11.4. The molecule has 4 rings (SSSR count). The fourth-order valence-corrected chi connectivity index (χ4v) is 7.05. The van der Waals surface area contributed by atoms with Crippen molar-refractivity contribution in [1.82, 2.24) is 10.2 Å². The van der Waals surface area contributed by atoms with Crippen molar-refractivity contribution in [1.29, 1.82) is 0 Å². The Hall–Kier alpha value is -3.56. The van der Waals surface area contributed by atoms with E-state index in [1.807, 2.05) is 44.2 Å². The van der Waals surface area contributed by atoms with Crippen LogP contribution in [-0.4, -0.2) is 44.3 Å². The highest BCUT2D eigenvalue weighted by Crippen LogP contribution is 2.31. The number of rotatable bonds is 14. The molecule has 0 heterocycles. The molecule has 0 aliphatic carbocycles.